The van der Waals surface area contributed by atoms with Crippen molar-refractivity contribution in [2.75, 3.05) is 16.5 Å². The average Bonchev–Trinajstić information content (AvgIpc) is 3.03. The zero-order valence-electron chi connectivity index (χ0n) is 14.5. The van der Waals surface area contributed by atoms with Crippen molar-refractivity contribution in [3.05, 3.63) is 70.1 Å². The molecule has 0 fully saturated rings. The van der Waals surface area contributed by atoms with Gasteiger partial charge >= 0.3 is 0 Å². The Hall–Kier alpha value is -2.02. The number of aromatic nitrogens is 1. The van der Waals surface area contributed by atoms with Gasteiger partial charge in [0, 0.05) is 15.6 Å². The first kappa shape index (κ1) is 20.3. The number of carbonyl (C=O) groups is 1. The molecule has 0 saturated heterocycles. The van der Waals surface area contributed by atoms with Crippen LogP contribution in [0.2, 0.25) is 5.02 Å². The summed E-state index contributed by atoms with van der Waals surface area (Å²) in [6, 6.07) is 17.8. The van der Waals surface area contributed by atoms with E-state index >= 15 is 0 Å². The van der Waals surface area contributed by atoms with E-state index in [-0.39, 0.29) is 0 Å². The van der Waals surface area contributed by atoms with Gasteiger partial charge in [-0.2, -0.15) is 12.6 Å². The van der Waals surface area contributed by atoms with Gasteiger partial charge in [-0.25, -0.2) is 4.98 Å². The third kappa shape index (κ3) is 5.24. The molecule has 0 unspecified atom stereocenters. The van der Waals surface area contributed by atoms with Crippen LogP contribution >= 0.6 is 35.6 Å². The van der Waals surface area contributed by atoms with E-state index in [9.17, 15) is 4.79 Å². The highest BCUT2D eigenvalue weighted by Crippen LogP contribution is 2.35. The highest BCUT2D eigenvalue weighted by Gasteiger charge is 2.17. The molecule has 0 aliphatic heterocycles. The lowest BCUT2D eigenvalue weighted by molar-refractivity contribution is -0.105. The average molecular weight is 406 g/mol. The zero-order chi connectivity index (χ0) is 18.9. The lowest BCUT2D eigenvalue weighted by Crippen LogP contribution is -2.16. The Kier molecular flexibility index (Phi) is 7.97. The van der Waals surface area contributed by atoms with E-state index in [1.807, 2.05) is 49.4 Å². The summed E-state index contributed by atoms with van der Waals surface area (Å²) in [4.78, 5) is 18.3. The van der Waals surface area contributed by atoms with Crippen LogP contribution in [0.15, 0.2) is 54.6 Å². The van der Waals surface area contributed by atoms with E-state index in [0.717, 1.165) is 21.3 Å². The molecule has 0 aliphatic rings. The second-order valence-electron chi connectivity index (χ2n) is 5.22. The predicted octanol–water partition coefficient (Wildman–Crippen LogP) is 5.56. The molecule has 1 aromatic heterocycles. The predicted molar refractivity (Wildman–Crippen MR) is 115 cm³/mol. The summed E-state index contributed by atoms with van der Waals surface area (Å²) >= 11 is 11.2. The van der Waals surface area contributed by atoms with Gasteiger partial charge in [0.15, 0.2) is 5.13 Å². The van der Waals surface area contributed by atoms with Crippen molar-refractivity contribution in [2.45, 2.75) is 13.5 Å². The molecule has 2 aromatic carbocycles. The second kappa shape index (κ2) is 10.2. The number of nitrogens with one attached hydrogen (secondary N) is 1. The van der Waals surface area contributed by atoms with Gasteiger partial charge in [0.05, 0.1) is 6.54 Å². The fraction of sp³-hybridized carbons (Fsp3) is 0.158. The number of anilines is 3. The fourth-order valence-corrected chi connectivity index (χ4v) is 3.44. The topological polar surface area (TPSA) is 45.2 Å². The molecule has 4 nitrogen and oxygen atoms in total. The summed E-state index contributed by atoms with van der Waals surface area (Å²) in [7, 11) is 0. The minimum atomic E-state index is 0.588. The number of rotatable bonds is 6. The Bertz CT molecular complexity index is 840. The lowest BCUT2D eigenvalue weighted by atomic mass is 10.2. The van der Waals surface area contributed by atoms with Crippen LogP contribution in [0.5, 0.6) is 0 Å². The first-order chi connectivity index (χ1) is 12.7. The molecule has 3 rings (SSSR count). The monoisotopic (exact) mass is 405 g/mol. The third-order valence-corrected chi connectivity index (χ3v) is 4.74. The van der Waals surface area contributed by atoms with Crippen LogP contribution in [0.3, 0.4) is 0 Å². The Labute approximate surface area is 168 Å². The number of hydrogen-bond acceptors (Lipinski definition) is 5. The number of amides is 1. The van der Waals surface area contributed by atoms with Crippen LogP contribution < -0.4 is 10.2 Å². The Balaban J connectivity index is 0.00000117. The Morgan fingerprint density at radius 1 is 1.19 bits per heavy atom. The fourth-order valence-electron chi connectivity index (χ4n) is 2.37. The Morgan fingerprint density at radius 3 is 2.58 bits per heavy atom. The molecule has 1 N–H and O–H groups in total. The number of thiazole rings is 1. The maximum Gasteiger partial charge on any atom is 0.212 e. The molecule has 0 spiro atoms. The van der Waals surface area contributed by atoms with E-state index in [1.165, 1.54) is 11.3 Å². The van der Waals surface area contributed by atoms with Crippen molar-refractivity contribution in [3.63, 3.8) is 0 Å². The molecule has 1 amide bonds. The van der Waals surface area contributed by atoms with E-state index in [0.29, 0.717) is 23.8 Å². The molecule has 3 aromatic rings. The first-order valence-corrected chi connectivity index (χ1v) is 9.95. The SMILES string of the molecule is CS.Cc1sc(N(Cc2ccccc2)c2cccc(Cl)c2)nc1NC=O. The van der Waals surface area contributed by atoms with Gasteiger partial charge in [0.2, 0.25) is 6.41 Å². The minimum Gasteiger partial charge on any atom is -0.313 e. The van der Waals surface area contributed by atoms with Gasteiger partial charge in [-0.3, -0.25) is 4.79 Å². The first-order valence-electron chi connectivity index (χ1n) is 7.87. The molecule has 7 heteroatoms. The molecular weight excluding hydrogens is 386 g/mol. The van der Waals surface area contributed by atoms with E-state index in [1.54, 1.807) is 6.26 Å². The normalized spacial score (nSPS) is 9.85. The number of hydrogen-bond donors (Lipinski definition) is 2. The number of carbonyl (C=O) groups excluding carboxylic acids is 1. The zero-order valence-corrected chi connectivity index (χ0v) is 17.0. The van der Waals surface area contributed by atoms with Gasteiger partial charge in [-0.1, -0.05) is 59.3 Å². The number of aryl methyl sites for hydroxylation is 1. The summed E-state index contributed by atoms with van der Waals surface area (Å²) in [6.45, 7) is 2.60. The number of thiol groups is 1. The largest absolute Gasteiger partial charge is 0.313 e. The molecule has 0 saturated carbocycles. The quantitative estimate of drug-likeness (QED) is 0.417. The van der Waals surface area contributed by atoms with Crippen LogP contribution in [0.4, 0.5) is 16.6 Å². The van der Waals surface area contributed by atoms with E-state index in [2.05, 4.69) is 40.0 Å². The molecule has 0 bridgehead atoms. The minimum absolute atomic E-state index is 0.588. The van der Waals surface area contributed by atoms with E-state index < -0.39 is 0 Å². The number of benzene rings is 2. The second-order valence-corrected chi connectivity index (χ2v) is 6.83. The van der Waals surface area contributed by atoms with Crippen LogP contribution in [-0.4, -0.2) is 17.6 Å². The highest BCUT2D eigenvalue weighted by atomic mass is 35.5. The van der Waals surface area contributed by atoms with Gasteiger partial charge in [-0.15, -0.1) is 0 Å². The van der Waals surface area contributed by atoms with Crippen molar-refractivity contribution in [2.24, 2.45) is 0 Å². The molecule has 0 aliphatic carbocycles. The smallest absolute Gasteiger partial charge is 0.212 e. The molecule has 26 heavy (non-hydrogen) atoms. The molecule has 1 heterocycles. The summed E-state index contributed by atoms with van der Waals surface area (Å²) in [5.74, 6) is 0.588. The molecule has 0 atom stereocenters. The van der Waals surface area contributed by atoms with Crippen LogP contribution in [0.25, 0.3) is 0 Å². The van der Waals surface area contributed by atoms with Crippen molar-refractivity contribution >= 4 is 58.6 Å². The lowest BCUT2D eigenvalue weighted by Gasteiger charge is -2.22. The third-order valence-electron chi connectivity index (χ3n) is 3.52. The number of halogens is 1. The highest BCUT2D eigenvalue weighted by molar-refractivity contribution is 7.79. The molecule has 0 radical (unpaired) electrons. The van der Waals surface area contributed by atoms with E-state index in [4.69, 9.17) is 11.6 Å². The van der Waals surface area contributed by atoms with Crippen LogP contribution in [-0.2, 0) is 11.3 Å². The maximum atomic E-state index is 10.7. The molecule has 136 valence electrons. The maximum absolute atomic E-state index is 10.7. The van der Waals surface area contributed by atoms with Crippen LogP contribution in [0, 0.1) is 6.92 Å². The van der Waals surface area contributed by atoms with Gasteiger partial charge < -0.3 is 10.2 Å². The standard InChI is InChI=1S/C18H16ClN3OS.CH4S/c1-13-17(20-12-23)21-18(24-13)22(11-14-6-3-2-4-7-14)16-9-5-8-15(19)10-16;1-2/h2-10,12H,11H2,1H3,(H,20,23);2H,1H3. The van der Waals surface area contributed by atoms with Gasteiger partial charge in [-0.05, 0) is 36.9 Å². The van der Waals surface area contributed by atoms with Crippen LogP contribution in [0.1, 0.15) is 10.4 Å². The van der Waals surface area contributed by atoms with Crippen molar-refractivity contribution in [3.8, 4) is 0 Å². The number of nitrogens with zero attached hydrogens (tertiary/aromatic N) is 2. The Morgan fingerprint density at radius 2 is 1.92 bits per heavy atom. The van der Waals surface area contributed by atoms with Crippen molar-refractivity contribution < 1.29 is 4.79 Å². The van der Waals surface area contributed by atoms with Crippen molar-refractivity contribution in [1.82, 2.24) is 4.98 Å². The summed E-state index contributed by atoms with van der Waals surface area (Å²) < 4.78 is 0. The summed E-state index contributed by atoms with van der Waals surface area (Å²) in [5, 5.41) is 4.12. The van der Waals surface area contributed by atoms with Gasteiger partial charge in [0.25, 0.3) is 0 Å². The molecular formula is C19H20ClN3OS2. The van der Waals surface area contributed by atoms with Crippen molar-refractivity contribution in [1.29, 1.82) is 0 Å². The van der Waals surface area contributed by atoms with Gasteiger partial charge in [0.1, 0.15) is 5.82 Å². The summed E-state index contributed by atoms with van der Waals surface area (Å²) in [5.41, 5.74) is 2.12. The summed E-state index contributed by atoms with van der Waals surface area (Å²) in [6.07, 6.45) is 2.34.